The Morgan fingerprint density at radius 2 is 2.03 bits per heavy atom. The van der Waals surface area contributed by atoms with E-state index >= 15 is 0 Å². The molecule has 0 radical (unpaired) electrons. The van der Waals surface area contributed by atoms with Gasteiger partial charge in [0.05, 0.1) is 0 Å². The van der Waals surface area contributed by atoms with Crippen molar-refractivity contribution in [2.75, 3.05) is 37.6 Å². The van der Waals surface area contributed by atoms with Crippen LogP contribution in [-0.4, -0.2) is 59.4 Å². The fourth-order valence-electron chi connectivity index (χ4n) is 4.47. The molecule has 3 atom stereocenters. The number of amides is 1. The summed E-state index contributed by atoms with van der Waals surface area (Å²) in [7, 11) is 0. The zero-order chi connectivity index (χ0) is 20.9. The zero-order valence-electron chi connectivity index (χ0n) is 17.6. The van der Waals surface area contributed by atoms with E-state index < -0.39 is 0 Å². The smallest absolute Gasteiger partial charge is 0.270 e. The van der Waals surface area contributed by atoms with Crippen LogP contribution >= 0.6 is 11.9 Å². The van der Waals surface area contributed by atoms with Gasteiger partial charge in [0.15, 0.2) is 0 Å². The van der Waals surface area contributed by atoms with Gasteiger partial charge in [0.1, 0.15) is 0 Å². The van der Waals surface area contributed by atoms with Crippen molar-refractivity contribution < 1.29 is 10.0 Å². The number of hydroxylamine groups is 1. The first-order valence-electron chi connectivity index (χ1n) is 10.9. The van der Waals surface area contributed by atoms with Crippen LogP contribution in [0.5, 0.6) is 0 Å². The van der Waals surface area contributed by atoms with Gasteiger partial charge in [-0.3, -0.25) is 10.0 Å². The normalized spacial score (nSPS) is 27.6. The molecule has 1 aromatic rings. The van der Waals surface area contributed by atoms with Crippen LogP contribution in [0, 0.1) is 0 Å². The van der Waals surface area contributed by atoms with Crippen LogP contribution in [0.4, 0.5) is 5.69 Å². The van der Waals surface area contributed by atoms with Gasteiger partial charge in [-0.15, -0.1) is 0 Å². The van der Waals surface area contributed by atoms with Gasteiger partial charge in [-0.05, 0) is 43.9 Å². The number of hydrogen-bond donors (Lipinski definition) is 3. The first kappa shape index (κ1) is 21.4. The van der Waals surface area contributed by atoms with Crippen molar-refractivity contribution in [3.8, 4) is 0 Å². The number of nitrogens with one attached hydrogen (secondary N) is 2. The highest BCUT2D eigenvalue weighted by atomic mass is 32.2. The summed E-state index contributed by atoms with van der Waals surface area (Å²) in [6.07, 6.45) is 9.64. The molecule has 7 heteroatoms. The van der Waals surface area contributed by atoms with Crippen molar-refractivity contribution in [1.82, 2.24) is 15.1 Å². The number of nitrogens with zero attached hydrogens (tertiary/aromatic N) is 2. The Bertz CT molecular complexity index is 795. The lowest BCUT2D eigenvalue weighted by molar-refractivity contribution is -0.125. The Hall–Kier alpha value is -1.80. The minimum atomic E-state index is -0.377. The molecule has 0 aromatic heterocycles. The predicted molar refractivity (Wildman–Crippen MR) is 123 cm³/mol. The van der Waals surface area contributed by atoms with Crippen molar-refractivity contribution in [2.24, 2.45) is 0 Å². The first-order valence-corrected chi connectivity index (χ1v) is 11.8. The molecule has 6 nitrogen and oxygen atoms in total. The molecule has 3 N–H and O–H groups in total. The summed E-state index contributed by atoms with van der Waals surface area (Å²) in [6, 6.07) is 9.70. The summed E-state index contributed by atoms with van der Waals surface area (Å²) in [6.45, 7) is 7.02. The molecule has 0 bridgehead atoms. The van der Waals surface area contributed by atoms with Gasteiger partial charge >= 0.3 is 0 Å². The van der Waals surface area contributed by atoms with E-state index in [0.717, 1.165) is 39.1 Å². The standard InChI is InChI=1S/C23H32N4O2S/c1-17-16-26(15-12-24-17)21-6-2-18(3-7-21)19-4-8-22(9-5-19)30-27-13-10-20(11-14-27)23(28)25-29/h2-4,6-8,10,17,19,22,24,29H,5,9,11-16H2,1H3,(H,25,28). The first-order chi connectivity index (χ1) is 14.6. The number of carbonyl (C=O) groups is 1. The Labute approximate surface area is 183 Å². The van der Waals surface area contributed by atoms with Crippen molar-refractivity contribution >= 4 is 23.5 Å². The maximum absolute atomic E-state index is 11.5. The lowest BCUT2D eigenvalue weighted by Crippen LogP contribution is -2.49. The van der Waals surface area contributed by atoms with Crippen LogP contribution in [0.3, 0.4) is 0 Å². The predicted octanol–water partition coefficient (Wildman–Crippen LogP) is 3.07. The molecule has 1 aliphatic carbocycles. The topological polar surface area (TPSA) is 67.8 Å². The van der Waals surface area contributed by atoms with Crippen molar-refractivity contribution in [2.45, 2.75) is 43.4 Å². The van der Waals surface area contributed by atoms with Gasteiger partial charge in [0, 0.05) is 61.2 Å². The number of anilines is 1. The highest BCUT2D eigenvalue weighted by Gasteiger charge is 2.23. The fourth-order valence-corrected chi connectivity index (χ4v) is 5.62. The second-order valence-electron chi connectivity index (χ2n) is 8.41. The Kier molecular flexibility index (Phi) is 7.15. The van der Waals surface area contributed by atoms with E-state index in [2.05, 4.69) is 57.9 Å². The molecule has 2 aliphatic heterocycles. The number of hydrogen-bond acceptors (Lipinski definition) is 6. The molecule has 162 valence electrons. The molecule has 3 aliphatic rings. The highest BCUT2D eigenvalue weighted by molar-refractivity contribution is 7.97. The summed E-state index contributed by atoms with van der Waals surface area (Å²) in [5, 5.41) is 12.7. The molecule has 2 heterocycles. The minimum Gasteiger partial charge on any atom is -0.369 e. The molecule has 1 saturated heterocycles. The van der Waals surface area contributed by atoms with E-state index in [1.54, 1.807) is 5.48 Å². The minimum absolute atomic E-state index is 0.377. The van der Waals surface area contributed by atoms with Gasteiger partial charge in [-0.1, -0.05) is 42.3 Å². The number of benzene rings is 1. The molecular formula is C23H32N4O2S. The van der Waals surface area contributed by atoms with Gasteiger partial charge < -0.3 is 10.2 Å². The average molecular weight is 429 g/mol. The number of rotatable bonds is 5. The largest absolute Gasteiger partial charge is 0.369 e. The van der Waals surface area contributed by atoms with Crippen molar-refractivity contribution in [3.05, 3.63) is 53.6 Å². The molecule has 3 unspecified atom stereocenters. The Morgan fingerprint density at radius 3 is 2.67 bits per heavy atom. The van der Waals surface area contributed by atoms with Crippen LogP contribution in [0.15, 0.2) is 48.1 Å². The summed E-state index contributed by atoms with van der Waals surface area (Å²) >= 11 is 1.88. The van der Waals surface area contributed by atoms with E-state index in [4.69, 9.17) is 5.21 Å². The monoisotopic (exact) mass is 428 g/mol. The number of piperazine rings is 1. The van der Waals surface area contributed by atoms with E-state index in [9.17, 15) is 4.79 Å². The molecule has 0 spiro atoms. The second kappa shape index (κ2) is 10.0. The van der Waals surface area contributed by atoms with Gasteiger partial charge in [-0.2, -0.15) is 0 Å². The van der Waals surface area contributed by atoms with Crippen molar-refractivity contribution in [1.29, 1.82) is 0 Å². The molecule has 1 amide bonds. The van der Waals surface area contributed by atoms with Gasteiger partial charge in [-0.25, -0.2) is 9.79 Å². The quantitative estimate of drug-likeness (QED) is 0.290. The summed E-state index contributed by atoms with van der Waals surface area (Å²) in [5.74, 6) is 0.122. The third-order valence-corrected chi connectivity index (χ3v) is 7.52. The van der Waals surface area contributed by atoms with Crippen LogP contribution < -0.4 is 15.7 Å². The molecular weight excluding hydrogens is 396 g/mol. The molecule has 4 rings (SSSR count). The number of carbonyl (C=O) groups excluding carboxylic acids is 1. The Morgan fingerprint density at radius 1 is 1.20 bits per heavy atom. The lowest BCUT2D eigenvalue weighted by atomic mass is 9.89. The maximum atomic E-state index is 11.5. The molecule has 30 heavy (non-hydrogen) atoms. The molecule has 1 fully saturated rings. The van der Waals surface area contributed by atoms with E-state index in [1.165, 1.54) is 17.7 Å². The van der Waals surface area contributed by atoms with E-state index in [-0.39, 0.29) is 5.91 Å². The molecule has 0 saturated carbocycles. The second-order valence-corrected chi connectivity index (χ2v) is 9.75. The van der Waals surface area contributed by atoms with E-state index in [0.29, 0.717) is 29.2 Å². The summed E-state index contributed by atoms with van der Waals surface area (Å²) in [4.78, 5) is 14.0. The third-order valence-electron chi connectivity index (χ3n) is 6.22. The highest BCUT2D eigenvalue weighted by Crippen LogP contribution is 2.35. The fraction of sp³-hybridized carbons (Fsp3) is 0.522. The Balaban J connectivity index is 1.29. The zero-order valence-corrected chi connectivity index (χ0v) is 18.4. The molecule has 1 aromatic carbocycles. The van der Waals surface area contributed by atoms with Crippen LogP contribution in [-0.2, 0) is 4.79 Å². The van der Waals surface area contributed by atoms with Gasteiger partial charge in [0.2, 0.25) is 0 Å². The maximum Gasteiger partial charge on any atom is 0.270 e. The van der Waals surface area contributed by atoms with E-state index in [1.807, 2.05) is 18.0 Å². The number of allylic oxidation sites excluding steroid dienone is 1. The van der Waals surface area contributed by atoms with Gasteiger partial charge in [0.25, 0.3) is 5.91 Å². The van der Waals surface area contributed by atoms with Crippen LogP contribution in [0.25, 0.3) is 0 Å². The average Bonchev–Trinajstić information content (AvgIpc) is 2.80. The summed E-state index contributed by atoms with van der Waals surface area (Å²) < 4.78 is 2.31. The van der Waals surface area contributed by atoms with Crippen LogP contribution in [0.2, 0.25) is 0 Å². The van der Waals surface area contributed by atoms with Crippen LogP contribution in [0.1, 0.15) is 37.7 Å². The lowest BCUT2D eigenvalue weighted by Gasteiger charge is -2.34. The summed E-state index contributed by atoms with van der Waals surface area (Å²) in [5.41, 5.74) is 5.13. The third kappa shape index (κ3) is 5.27. The SMILES string of the molecule is CC1CN(c2ccc(C3C=CC(SN4CC=C(C(=O)NO)CC4)CC3)cc2)CCN1. The van der Waals surface area contributed by atoms with Crippen molar-refractivity contribution in [3.63, 3.8) is 0 Å².